The quantitative estimate of drug-likeness (QED) is 0.646. The Morgan fingerprint density at radius 1 is 1.55 bits per heavy atom. The number of aliphatic hydroxyl groups is 1. The molecule has 20 heavy (non-hydrogen) atoms. The molecule has 0 amide bonds. The highest BCUT2D eigenvalue weighted by Gasteiger charge is 2.53. The first-order chi connectivity index (χ1) is 9.22. The van der Waals surface area contributed by atoms with Gasteiger partial charge in [0.15, 0.2) is 0 Å². The van der Waals surface area contributed by atoms with E-state index in [0.29, 0.717) is 19.0 Å². The monoisotopic (exact) mass is 287 g/mol. The van der Waals surface area contributed by atoms with E-state index in [1.165, 1.54) is 12.4 Å². The summed E-state index contributed by atoms with van der Waals surface area (Å²) in [5, 5.41) is 9.50. The molecule has 0 radical (unpaired) electrons. The number of nitrogens with one attached hydrogen (secondary N) is 1. The molecule has 0 aliphatic heterocycles. The van der Waals surface area contributed by atoms with Gasteiger partial charge in [-0.05, 0) is 32.2 Å². The van der Waals surface area contributed by atoms with E-state index >= 15 is 0 Å². The summed E-state index contributed by atoms with van der Waals surface area (Å²) in [5.41, 5.74) is -1.78. The fourth-order valence-electron chi connectivity index (χ4n) is 1.45. The first kappa shape index (κ1) is 16.2. The predicted octanol–water partition coefficient (Wildman–Crippen LogP) is 2.88. The fraction of sp³-hybridized carbons (Fsp3) is 0.385. The summed E-state index contributed by atoms with van der Waals surface area (Å²) in [6, 6.07) is 0. The standard InChI is InChI=1S/C13H16F3N3O/c1-4-9(5-6-17-3)7-10-8-18-11(19-10)12(2,20)13(14,15)16/h4-6,8,20H,3,7H2,1-2H3,(H,18,19)/b6-5-,9-4+. The zero-order valence-electron chi connectivity index (χ0n) is 11.2. The Balaban J connectivity index is 2.93. The van der Waals surface area contributed by atoms with Gasteiger partial charge in [0.2, 0.25) is 5.60 Å². The molecule has 0 saturated carbocycles. The summed E-state index contributed by atoms with van der Waals surface area (Å²) < 4.78 is 38.0. The SMILES string of the molecule is C=N/C=C\C(=C/C)Cc1c[nH]c(C(C)(O)C(F)(F)F)n1. The van der Waals surface area contributed by atoms with Gasteiger partial charge in [0.05, 0.1) is 5.69 Å². The van der Waals surface area contributed by atoms with Gasteiger partial charge in [-0.25, -0.2) is 4.98 Å². The number of alkyl halides is 3. The van der Waals surface area contributed by atoms with Crippen molar-refractivity contribution in [3.05, 3.63) is 41.6 Å². The van der Waals surface area contributed by atoms with Crippen molar-refractivity contribution in [2.45, 2.75) is 32.0 Å². The molecule has 0 aliphatic carbocycles. The van der Waals surface area contributed by atoms with Gasteiger partial charge in [0.1, 0.15) is 5.82 Å². The van der Waals surface area contributed by atoms with E-state index in [2.05, 4.69) is 21.7 Å². The Kier molecular flexibility index (Phi) is 4.88. The van der Waals surface area contributed by atoms with Crippen LogP contribution in [0.3, 0.4) is 0 Å². The van der Waals surface area contributed by atoms with Crippen LogP contribution in [0.1, 0.15) is 25.4 Å². The Morgan fingerprint density at radius 2 is 2.20 bits per heavy atom. The largest absolute Gasteiger partial charge is 0.424 e. The van der Waals surface area contributed by atoms with E-state index in [9.17, 15) is 18.3 Å². The van der Waals surface area contributed by atoms with Gasteiger partial charge in [-0.3, -0.25) is 4.99 Å². The van der Waals surface area contributed by atoms with Crippen molar-refractivity contribution in [2.24, 2.45) is 4.99 Å². The summed E-state index contributed by atoms with van der Waals surface area (Å²) in [6.07, 6.45) is 1.83. The van der Waals surface area contributed by atoms with E-state index < -0.39 is 17.6 Å². The minimum absolute atomic E-state index is 0.326. The Labute approximate surface area is 114 Å². The highest BCUT2D eigenvalue weighted by Crippen LogP contribution is 2.36. The van der Waals surface area contributed by atoms with Crippen molar-refractivity contribution >= 4 is 6.72 Å². The molecule has 7 heteroatoms. The topological polar surface area (TPSA) is 61.3 Å². The van der Waals surface area contributed by atoms with Crippen LogP contribution in [0.5, 0.6) is 0 Å². The normalized spacial score (nSPS) is 16.4. The van der Waals surface area contributed by atoms with Crippen molar-refractivity contribution in [3.63, 3.8) is 0 Å². The highest BCUT2D eigenvalue weighted by molar-refractivity contribution is 5.29. The molecule has 1 aromatic heterocycles. The number of aromatic amines is 1. The maximum atomic E-state index is 12.7. The number of H-pyrrole nitrogens is 1. The maximum Gasteiger partial charge on any atom is 0.424 e. The van der Waals surface area contributed by atoms with Crippen molar-refractivity contribution in [1.29, 1.82) is 0 Å². The smallest absolute Gasteiger partial charge is 0.374 e. The molecule has 110 valence electrons. The molecule has 4 nitrogen and oxygen atoms in total. The van der Waals surface area contributed by atoms with Crippen LogP contribution >= 0.6 is 0 Å². The van der Waals surface area contributed by atoms with Crippen LogP contribution in [0, 0.1) is 0 Å². The number of rotatable bonds is 5. The molecule has 1 heterocycles. The molecule has 1 atom stereocenters. The van der Waals surface area contributed by atoms with Gasteiger partial charge >= 0.3 is 6.18 Å². The van der Waals surface area contributed by atoms with Crippen LogP contribution in [0.2, 0.25) is 0 Å². The first-order valence-corrected chi connectivity index (χ1v) is 5.83. The molecule has 0 bridgehead atoms. The van der Waals surface area contributed by atoms with Crippen molar-refractivity contribution < 1.29 is 18.3 Å². The summed E-state index contributed by atoms with van der Waals surface area (Å²) in [7, 11) is 0. The molecular formula is C13H16F3N3O. The minimum atomic E-state index is -4.79. The van der Waals surface area contributed by atoms with Gasteiger partial charge in [0, 0.05) is 18.8 Å². The number of imidazole rings is 1. The molecule has 0 saturated heterocycles. The lowest BCUT2D eigenvalue weighted by Gasteiger charge is -2.23. The zero-order valence-corrected chi connectivity index (χ0v) is 11.2. The van der Waals surface area contributed by atoms with Crippen LogP contribution in [0.4, 0.5) is 13.2 Å². The lowest BCUT2D eigenvalue weighted by Crippen LogP contribution is -2.40. The third kappa shape index (κ3) is 3.57. The summed E-state index contributed by atoms with van der Waals surface area (Å²) in [6.45, 7) is 5.75. The molecule has 1 rings (SSSR count). The van der Waals surface area contributed by atoms with Gasteiger partial charge in [-0.1, -0.05) is 6.08 Å². The number of aliphatic imine (C=N–C) groups is 1. The molecule has 0 fully saturated rings. The second-order valence-corrected chi connectivity index (χ2v) is 4.35. The molecule has 1 aromatic rings. The fourth-order valence-corrected chi connectivity index (χ4v) is 1.45. The van der Waals surface area contributed by atoms with Gasteiger partial charge in [-0.2, -0.15) is 13.2 Å². The van der Waals surface area contributed by atoms with Crippen molar-refractivity contribution in [1.82, 2.24) is 9.97 Å². The minimum Gasteiger partial charge on any atom is -0.374 e. The molecule has 1 unspecified atom stereocenters. The van der Waals surface area contributed by atoms with Crippen LogP contribution in [0.15, 0.2) is 35.1 Å². The van der Waals surface area contributed by atoms with Crippen LogP contribution in [0.25, 0.3) is 0 Å². The van der Waals surface area contributed by atoms with Crippen molar-refractivity contribution in [2.75, 3.05) is 0 Å². The molecule has 0 aromatic carbocycles. The third-order valence-electron chi connectivity index (χ3n) is 2.79. The molecular weight excluding hydrogens is 271 g/mol. The lowest BCUT2D eigenvalue weighted by atomic mass is 10.1. The number of nitrogens with zero attached hydrogens (tertiary/aromatic N) is 2. The third-order valence-corrected chi connectivity index (χ3v) is 2.79. The Bertz CT molecular complexity index is 527. The second-order valence-electron chi connectivity index (χ2n) is 4.35. The number of aromatic nitrogens is 2. The van der Waals surface area contributed by atoms with Gasteiger partial charge < -0.3 is 10.1 Å². The van der Waals surface area contributed by atoms with E-state index in [4.69, 9.17) is 0 Å². The zero-order chi connectivity index (χ0) is 15.4. The number of halogens is 3. The molecule has 0 aliphatic rings. The first-order valence-electron chi connectivity index (χ1n) is 5.83. The number of allylic oxidation sites excluding steroid dienone is 3. The summed E-state index contributed by atoms with van der Waals surface area (Å²) >= 11 is 0. The van der Waals surface area contributed by atoms with Crippen LogP contribution in [-0.4, -0.2) is 28.0 Å². The maximum absolute atomic E-state index is 12.7. The summed E-state index contributed by atoms with van der Waals surface area (Å²) in [5.74, 6) is -0.527. The average molecular weight is 287 g/mol. The number of hydrogen-bond acceptors (Lipinski definition) is 3. The Hall–Kier alpha value is -1.89. The van der Waals surface area contributed by atoms with E-state index in [1.807, 2.05) is 0 Å². The van der Waals surface area contributed by atoms with Crippen molar-refractivity contribution in [3.8, 4) is 0 Å². The second kappa shape index (κ2) is 6.04. The molecule has 2 N–H and O–H groups in total. The lowest BCUT2D eigenvalue weighted by molar-refractivity contribution is -0.261. The summed E-state index contributed by atoms with van der Waals surface area (Å²) in [4.78, 5) is 9.72. The van der Waals surface area contributed by atoms with Crippen LogP contribution < -0.4 is 0 Å². The molecule has 0 spiro atoms. The van der Waals surface area contributed by atoms with E-state index in [-0.39, 0.29) is 0 Å². The van der Waals surface area contributed by atoms with Gasteiger partial charge in [0.25, 0.3) is 0 Å². The van der Waals surface area contributed by atoms with Gasteiger partial charge in [-0.15, -0.1) is 0 Å². The van der Waals surface area contributed by atoms with E-state index in [0.717, 1.165) is 5.57 Å². The highest BCUT2D eigenvalue weighted by atomic mass is 19.4. The van der Waals surface area contributed by atoms with Crippen LogP contribution in [-0.2, 0) is 12.0 Å². The van der Waals surface area contributed by atoms with E-state index in [1.54, 1.807) is 19.1 Å². The predicted molar refractivity (Wildman–Crippen MR) is 70.4 cm³/mol. The number of hydrogen-bond donors (Lipinski definition) is 2. The Morgan fingerprint density at radius 3 is 2.70 bits per heavy atom. The average Bonchev–Trinajstić information content (AvgIpc) is 2.82.